The minimum atomic E-state index is -4.67. The Morgan fingerprint density at radius 2 is 1.21 bits per heavy atom. The lowest BCUT2D eigenvalue weighted by Crippen LogP contribution is -2.18. The van der Waals surface area contributed by atoms with Crippen molar-refractivity contribution in [2.45, 2.75) is 51.9 Å². The molecule has 8 nitrogen and oxygen atoms in total. The molecule has 0 bridgehead atoms. The second-order valence-electron chi connectivity index (χ2n) is 8.41. The van der Waals surface area contributed by atoms with Crippen LogP contribution >= 0.6 is 0 Å². The maximum atomic E-state index is 11.9. The van der Waals surface area contributed by atoms with E-state index in [1.54, 1.807) is 0 Å². The first kappa shape index (κ1) is 27.5. The number of carboxylic acids is 1. The summed E-state index contributed by atoms with van der Waals surface area (Å²) >= 11 is 0. The van der Waals surface area contributed by atoms with Crippen LogP contribution in [0.4, 0.5) is 0 Å². The van der Waals surface area contributed by atoms with Crippen LogP contribution in [0.25, 0.3) is 0 Å². The third-order valence-electron chi connectivity index (χ3n) is 5.78. The number of carboxylic acid groups (broad SMARTS) is 1. The molecular formula is C25H32O8S. The highest BCUT2D eigenvalue weighted by Gasteiger charge is 2.28. The number of hydrogen-bond donors (Lipinski definition) is 3. The Bertz CT molecular complexity index is 1010. The maximum Gasteiger partial charge on any atom is 0.394 e. The molecule has 0 saturated carbocycles. The molecule has 9 heteroatoms. The van der Waals surface area contributed by atoms with Gasteiger partial charge >= 0.3 is 22.3 Å². The molecule has 0 aromatic heterocycles. The summed E-state index contributed by atoms with van der Waals surface area (Å²) in [6, 6.07) is 16.2. The third-order valence-corrected chi connectivity index (χ3v) is 5.78. The Hall–Kier alpha value is -2.75. The number of fused-ring (bicyclic) bond motifs is 2. The molecule has 0 heterocycles. The molecule has 3 N–H and O–H groups in total. The quantitative estimate of drug-likeness (QED) is 0.313. The summed E-state index contributed by atoms with van der Waals surface area (Å²) in [7, 11) is -4.67. The highest BCUT2D eigenvalue weighted by atomic mass is 32.3. The van der Waals surface area contributed by atoms with Crippen LogP contribution < -0.4 is 0 Å². The minimum Gasteiger partial charge on any atom is -0.481 e. The predicted molar refractivity (Wildman–Crippen MR) is 127 cm³/mol. The molecule has 2 aliphatic carbocycles. The van der Waals surface area contributed by atoms with Gasteiger partial charge in [-0.1, -0.05) is 68.3 Å². The van der Waals surface area contributed by atoms with Gasteiger partial charge in [-0.15, -0.1) is 0 Å². The second kappa shape index (κ2) is 13.2. The predicted octanol–water partition coefficient (Wildman–Crippen LogP) is 3.97. The van der Waals surface area contributed by atoms with E-state index in [0.717, 1.165) is 32.1 Å². The van der Waals surface area contributed by atoms with Crippen molar-refractivity contribution in [3.63, 3.8) is 0 Å². The number of rotatable bonds is 6. The molecule has 2 aromatic rings. The van der Waals surface area contributed by atoms with Crippen molar-refractivity contribution in [1.82, 2.24) is 0 Å². The summed E-state index contributed by atoms with van der Waals surface area (Å²) < 4.78 is 36.9. The molecular weight excluding hydrogens is 460 g/mol. The van der Waals surface area contributed by atoms with E-state index in [4.69, 9.17) is 27.4 Å². The van der Waals surface area contributed by atoms with Crippen molar-refractivity contribution in [2.24, 2.45) is 11.8 Å². The smallest absolute Gasteiger partial charge is 0.394 e. The molecule has 0 radical (unpaired) electrons. The van der Waals surface area contributed by atoms with Crippen molar-refractivity contribution in [1.29, 1.82) is 0 Å². The van der Waals surface area contributed by atoms with Gasteiger partial charge in [0.15, 0.2) is 0 Å². The average Bonchev–Trinajstić information content (AvgIpc) is 3.40. The Morgan fingerprint density at radius 1 is 0.824 bits per heavy atom. The van der Waals surface area contributed by atoms with Gasteiger partial charge in [0.05, 0.1) is 18.4 Å². The summed E-state index contributed by atoms with van der Waals surface area (Å²) in [6.45, 7) is 2.73. The van der Waals surface area contributed by atoms with E-state index >= 15 is 0 Å². The lowest BCUT2D eigenvalue weighted by atomic mass is 10.1. The monoisotopic (exact) mass is 492 g/mol. The molecule has 0 saturated heterocycles. The lowest BCUT2D eigenvalue weighted by molar-refractivity contribution is -0.148. The first-order chi connectivity index (χ1) is 16.1. The first-order valence-corrected chi connectivity index (χ1v) is 12.7. The van der Waals surface area contributed by atoms with Crippen LogP contribution in [0.3, 0.4) is 0 Å². The largest absolute Gasteiger partial charge is 0.481 e. The van der Waals surface area contributed by atoms with Crippen LogP contribution in [-0.4, -0.2) is 41.2 Å². The van der Waals surface area contributed by atoms with Gasteiger partial charge < -0.3 is 9.84 Å². The summed E-state index contributed by atoms with van der Waals surface area (Å²) in [4.78, 5) is 22.5. The Labute approximate surface area is 200 Å². The highest BCUT2D eigenvalue weighted by molar-refractivity contribution is 7.79. The van der Waals surface area contributed by atoms with Crippen LogP contribution in [0.1, 0.15) is 48.4 Å². The van der Waals surface area contributed by atoms with Crippen LogP contribution in [0, 0.1) is 11.8 Å². The van der Waals surface area contributed by atoms with Gasteiger partial charge in [0, 0.05) is 0 Å². The van der Waals surface area contributed by atoms with Crippen LogP contribution in [-0.2, 0) is 50.4 Å². The van der Waals surface area contributed by atoms with Gasteiger partial charge in [-0.05, 0) is 54.4 Å². The average molecular weight is 493 g/mol. The zero-order valence-corrected chi connectivity index (χ0v) is 20.0. The minimum absolute atomic E-state index is 0.0164. The summed E-state index contributed by atoms with van der Waals surface area (Å²) in [5, 5.41) is 8.79. The Morgan fingerprint density at radius 3 is 1.56 bits per heavy atom. The van der Waals surface area contributed by atoms with Gasteiger partial charge in [-0.25, -0.2) is 0 Å². The fourth-order valence-electron chi connectivity index (χ4n) is 4.10. The van der Waals surface area contributed by atoms with E-state index < -0.39 is 16.4 Å². The number of carbonyl (C=O) groups excluding carboxylic acids is 1. The number of benzene rings is 2. The first-order valence-electron chi connectivity index (χ1n) is 11.3. The van der Waals surface area contributed by atoms with Gasteiger partial charge in [-0.3, -0.25) is 18.7 Å². The van der Waals surface area contributed by atoms with Crippen LogP contribution in [0.5, 0.6) is 0 Å². The topological polar surface area (TPSA) is 138 Å². The fourth-order valence-corrected chi connectivity index (χ4v) is 4.10. The zero-order chi connectivity index (χ0) is 25.1. The fraction of sp³-hybridized carbons (Fsp3) is 0.440. The Kier molecular flexibility index (Phi) is 10.7. The normalized spacial score (nSPS) is 14.7. The SMILES string of the molecule is CCCCCOC(=O)C1Cc2ccccc2C1.O=C(O)C1Cc2ccccc2C1.O=S(=O)(O)O. The number of ether oxygens (including phenoxy) is 1. The van der Waals surface area contributed by atoms with E-state index in [2.05, 4.69) is 19.1 Å². The molecule has 2 aliphatic rings. The van der Waals surface area contributed by atoms with Crippen LogP contribution in [0.2, 0.25) is 0 Å². The number of aliphatic carboxylic acids is 1. The van der Waals surface area contributed by atoms with E-state index in [9.17, 15) is 9.59 Å². The van der Waals surface area contributed by atoms with E-state index in [1.165, 1.54) is 22.3 Å². The van der Waals surface area contributed by atoms with Crippen molar-refractivity contribution in [2.75, 3.05) is 6.61 Å². The van der Waals surface area contributed by atoms with Crippen LogP contribution in [0.15, 0.2) is 48.5 Å². The van der Waals surface area contributed by atoms with Gasteiger partial charge in [0.2, 0.25) is 0 Å². The molecule has 0 spiro atoms. The zero-order valence-electron chi connectivity index (χ0n) is 19.2. The number of esters is 1. The van der Waals surface area contributed by atoms with Crippen molar-refractivity contribution in [3.8, 4) is 0 Å². The highest BCUT2D eigenvalue weighted by Crippen LogP contribution is 2.27. The molecule has 0 atom stereocenters. The molecule has 34 heavy (non-hydrogen) atoms. The van der Waals surface area contributed by atoms with E-state index in [0.29, 0.717) is 19.4 Å². The molecule has 4 rings (SSSR count). The van der Waals surface area contributed by atoms with E-state index in [-0.39, 0.29) is 17.8 Å². The number of carbonyl (C=O) groups is 2. The Balaban J connectivity index is 0.000000209. The lowest BCUT2D eigenvalue weighted by Gasteiger charge is -2.09. The summed E-state index contributed by atoms with van der Waals surface area (Å²) in [6.07, 6.45) is 6.38. The molecule has 0 aliphatic heterocycles. The third kappa shape index (κ3) is 9.62. The molecule has 2 aromatic carbocycles. The molecule has 0 fully saturated rings. The molecule has 186 valence electrons. The number of hydrogen-bond acceptors (Lipinski definition) is 5. The summed E-state index contributed by atoms with van der Waals surface area (Å²) in [5.74, 6) is -0.833. The molecule has 0 unspecified atom stereocenters. The number of unbranched alkanes of at least 4 members (excludes halogenated alkanes) is 2. The van der Waals surface area contributed by atoms with Gasteiger partial charge in [-0.2, -0.15) is 8.42 Å². The maximum absolute atomic E-state index is 11.9. The van der Waals surface area contributed by atoms with Gasteiger partial charge in [0.1, 0.15) is 0 Å². The molecule has 0 amide bonds. The van der Waals surface area contributed by atoms with Crippen molar-refractivity contribution >= 4 is 22.3 Å². The van der Waals surface area contributed by atoms with Crippen molar-refractivity contribution in [3.05, 3.63) is 70.8 Å². The second-order valence-corrected chi connectivity index (χ2v) is 9.30. The van der Waals surface area contributed by atoms with Crippen molar-refractivity contribution < 1.29 is 37.0 Å². The van der Waals surface area contributed by atoms with Gasteiger partial charge in [0.25, 0.3) is 0 Å². The summed E-state index contributed by atoms with van der Waals surface area (Å²) in [5.41, 5.74) is 5.01. The van der Waals surface area contributed by atoms with E-state index in [1.807, 2.05) is 36.4 Å². The standard InChI is InChI=1S/C15H20O2.C10H10O2.H2O4S/c1-2-3-6-9-17-15(16)14-10-12-7-4-5-8-13(12)11-14;11-10(12)9-5-7-3-1-2-4-8(7)6-9;1-5(2,3)4/h4-5,7-8,14H,2-3,6,9-11H2,1H3;1-4,9H,5-6H2,(H,11,12);(H2,1,2,3,4).